The van der Waals surface area contributed by atoms with Crippen LogP contribution in [0.4, 0.5) is 10.1 Å². The summed E-state index contributed by atoms with van der Waals surface area (Å²) in [4.78, 5) is 18.1. The van der Waals surface area contributed by atoms with E-state index in [2.05, 4.69) is 21.3 Å². The van der Waals surface area contributed by atoms with Crippen LogP contribution in [0.15, 0.2) is 60.8 Å². The molecule has 1 aliphatic heterocycles. The Balaban J connectivity index is 1.39. The molecule has 0 spiro atoms. The highest BCUT2D eigenvalue weighted by atomic mass is 19.1. The lowest BCUT2D eigenvalue weighted by Crippen LogP contribution is -2.40. The number of aromatic nitrogens is 1. The van der Waals surface area contributed by atoms with Gasteiger partial charge in [-0.15, -0.1) is 0 Å². The highest BCUT2D eigenvalue weighted by Gasteiger charge is 2.26. The van der Waals surface area contributed by atoms with Crippen LogP contribution in [0.1, 0.15) is 24.1 Å². The summed E-state index contributed by atoms with van der Waals surface area (Å²) in [5.74, 6) is -0.334. The molecule has 0 bridgehead atoms. The van der Waals surface area contributed by atoms with Crippen molar-refractivity contribution in [2.75, 3.05) is 18.4 Å². The molecule has 6 heteroatoms. The van der Waals surface area contributed by atoms with Crippen LogP contribution < -0.4 is 5.32 Å². The van der Waals surface area contributed by atoms with Crippen LogP contribution >= 0.6 is 0 Å². The van der Waals surface area contributed by atoms with Crippen molar-refractivity contribution in [2.45, 2.75) is 19.4 Å². The predicted octanol–water partition coefficient (Wildman–Crippen LogP) is 4.54. The van der Waals surface area contributed by atoms with Gasteiger partial charge < -0.3 is 10.3 Å². The van der Waals surface area contributed by atoms with Gasteiger partial charge in [0.05, 0.1) is 5.92 Å². The molecule has 1 fully saturated rings. The van der Waals surface area contributed by atoms with Crippen LogP contribution in [0.3, 0.4) is 0 Å². The van der Waals surface area contributed by atoms with Gasteiger partial charge in [0.25, 0.3) is 0 Å². The van der Waals surface area contributed by atoms with Gasteiger partial charge in [-0.25, -0.2) is 4.39 Å². The van der Waals surface area contributed by atoms with Gasteiger partial charge in [-0.2, -0.15) is 5.26 Å². The zero-order valence-electron chi connectivity index (χ0n) is 16.6. The Hall–Kier alpha value is -3.43. The minimum Gasteiger partial charge on any atom is -0.353 e. The smallest absolute Gasteiger partial charge is 0.228 e. The van der Waals surface area contributed by atoms with E-state index in [4.69, 9.17) is 5.26 Å². The number of carbonyl (C=O) groups excluding carboxylic acids is 1. The van der Waals surface area contributed by atoms with E-state index < -0.39 is 0 Å². The van der Waals surface area contributed by atoms with E-state index in [1.165, 1.54) is 12.1 Å². The summed E-state index contributed by atoms with van der Waals surface area (Å²) in [6.45, 7) is 2.36. The number of likely N-dealkylation sites (tertiary alicyclic amines) is 1. The summed E-state index contributed by atoms with van der Waals surface area (Å²) in [5.41, 5.74) is 4.18. The molecular weight excluding hydrogens is 379 g/mol. The molecule has 4 rings (SSSR count). The summed E-state index contributed by atoms with van der Waals surface area (Å²) in [6.07, 6.45) is 3.67. The number of aromatic amines is 1. The molecule has 2 N–H and O–H groups in total. The SMILES string of the molecule is N#Cc1cc(CN2CCCC(C(=O)Nc3cccc(-c4ccc(F)cc4)c3)C2)c[nH]1. The van der Waals surface area contributed by atoms with Crippen LogP contribution in [0.2, 0.25) is 0 Å². The number of hydrogen-bond acceptors (Lipinski definition) is 3. The molecule has 1 atom stereocenters. The Morgan fingerprint density at radius 3 is 2.80 bits per heavy atom. The van der Waals surface area contributed by atoms with Crippen molar-refractivity contribution >= 4 is 11.6 Å². The molecule has 30 heavy (non-hydrogen) atoms. The Bertz CT molecular complexity index is 1070. The van der Waals surface area contributed by atoms with E-state index in [-0.39, 0.29) is 17.6 Å². The van der Waals surface area contributed by atoms with Crippen LogP contribution in [0.5, 0.6) is 0 Å². The lowest BCUT2D eigenvalue weighted by atomic mass is 9.96. The first-order chi connectivity index (χ1) is 14.6. The van der Waals surface area contributed by atoms with Gasteiger partial charge in [0, 0.05) is 25.0 Å². The van der Waals surface area contributed by atoms with Crippen molar-refractivity contribution in [3.8, 4) is 17.2 Å². The van der Waals surface area contributed by atoms with Gasteiger partial charge >= 0.3 is 0 Å². The maximum Gasteiger partial charge on any atom is 0.228 e. The monoisotopic (exact) mass is 402 g/mol. The van der Waals surface area contributed by atoms with Crippen LogP contribution in [0, 0.1) is 23.1 Å². The zero-order valence-corrected chi connectivity index (χ0v) is 16.6. The first-order valence-electron chi connectivity index (χ1n) is 10.1. The molecule has 0 radical (unpaired) electrons. The van der Waals surface area contributed by atoms with Crippen molar-refractivity contribution in [3.05, 3.63) is 77.9 Å². The Kier molecular flexibility index (Phi) is 5.92. The van der Waals surface area contributed by atoms with Gasteiger partial charge in [0.1, 0.15) is 17.6 Å². The number of nitriles is 1. The lowest BCUT2D eigenvalue weighted by Gasteiger charge is -2.31. The van der Waals surface area contributed by atoms with Gasteiger partial charge in [0.2, 0.25) is 5.91 Å². The molecule has 1 unspecified atom stereocenters. The fourth-order valence-electron chi connectivity index (χ4n) is 3.93. The number of piperidine rings is 1. The molecule has 5 nitrogen and oxygen atoms in total. The van der Waals surface area contributed by atoms with Crippen molar-refractivity contribution in [1.29, 1.82) is 5.26 Å². The maximum absolute atomic E-state index is 13.2. The largest absolute Gasteiger partial charge is 0.353 e. The molecule has 1 aromatic heterocycles. The molecule has 2 aromatic carbocycles. The highest BCUT2D eigenvalue weighted by Crippen LogP contribution is 2.25. The fraction of sp³-hybridized carbons (Fsp3) is 0.250. The normalized spacial score (nSPS) is 16.7. The Morgan fingerprint density at radius 2 is 2.03 bits per heavy atom. The summed E-state index contributed by atoms with van der Waals surface area (Å²) in [6, 6.07) is 17.9. The predicted molar refractivity (Wildman–Crippen MR) is 114 cm³/mol. The first kappa shape index (κ1) is 19.9. The summed E-state index contributed by atoms with van der Waals surface area (Å²) in [7, 11) is 0. The molecule has 1 amide bonds. The number of nitrogens with zero attached hydrogens (tertiary/aromatic N) is 2. The molecule has 3 aromatic rings. The van der Waals surface area contributed by atoms with E-state index >= 15 is 0 Å². The van der Waals surface area contributed by atoms with Crippen molar-refractivity contribution in [3.63, 3.8) is 0 Å². The number of benzene rings is 2. The first-order valence-corrected chi connectivity index (χ1v) is 10.1. The fourth-order valence-corrected chi connectivity index (χ4v) is 3.93. The van der Waals surface area contributed by atoms with Crippen LogP contribution in [-0.2, 0) is 11.3 Å². The van der Waals surface area contributed by atoms with Crippen LogP contribution in [0.25, 0.3) is 11.1 Å². The number of hydrogen-bond donors (Lipinski definition) is 2. The summed E-state index contributed by atoms with van der Waals surface area (Å²) >= 11 is 0. The number of rotatable bonds is 5. The third-order valence-electron chi connectivity index (χ3n) is 5.45. The van der Waals surface area contributed by atoms with Gasteiger partial charge in [-0.3, -0.25) is 9.69 Å². The Morgan fingerprint density at radius 1 is 1.20 bits per heavy atom. The molecular formula is C24H23FN4O. The quantitative estimate of drug-likeness (QED) is 0.658. The Labute approximate surface area is 175 Å². The number of anilines is 1. The third kappa shape index (κ3) is 4.76. The third-order valence-corrected chi connectivity index (χ3v) is 5.45. The molecule has 0 saturated carbocycles. The molecule has 1 saturated heterocycles. The summed E-state index contributed by atoms with van der Waals surface area (Å²) < 4.78 is 13.2. The summed E-state index contributed by atoms with van der Waals surface area (Å²) in [5, 5.41) is 12.0. The second kappa shape index (κ2) is 8.93. The van der Waals surface area contributed by atoms with E-state index in [9.17, 15) is 9.18 Å². The van der Waals surface area contributed by atoms with Gasteiger partial charge in [-0.05, 0) is 66.4 Å². The second-order valence-electron chi connectivity index (χ2n) is 7.68. The average Bonchev–Trinajstić information content (AvgIpc) is 3.22. The van der Waals surface area contributed by atoms with E-state index in [1.807, 2.05) is 36.5 Å². The topological polar surface area (TPSA) is 71.9 Å². The van der Waals surface area contributed by atoms with Crippen molar-refractivity contribution in [2.24, 2.45) is 5.92 Å². The molecule has 0 aliphatic carbocycles. The minimum absolute atomic E-state index is 0.0164. The molecule has 1 aliphatic rings. The van der Waals surface area contributed by atoms with Crippen LogP contribution in [-0.4, -0.2) is 28.9 Å². The molecule has 152 valence electrons. The zero-order chi connectivity index (χ0) is 20.9. The highest BCUT2D eigenvalue weighted by molar-refractivity contribution is 5.93. The number of halogens is 1. The number of amides is 1. The number of H-pyrrole nitrogens is 1. The average molecular weight is 402 g/mol. The van der Waals surface area contributed by atoms with Gasteiger partial charge in [-0.1, -0.05) is 24.3 Å². The second-order valence-corrected chi connectivity index (χ2v) is 7.68. The van der Waals surface area contributed by atoms with E-state index in [1.54, 1.807) is 12.1 Å². The molecule has 2 heterocycles. The van der Waals surface area contributed by atoms with Crippen molar-refractivity contribution in [1.82, 2.24) is 9.88 Å². The maximum atomic E-state index is 13.2. The lowest BCUT2D eigenvalue weighted by molar-refractivity contribution is -0.121. The standard InChI is InChI=1S/C24H23FN4O/c25-21-8-6-18(7-9-21)19-3-1-5-22(12-19)28-24(30)20-4-2-10-29(16-20)15-17-11-23(13-26)27-14-17/h1,3,5-9,11-12,14,20,27H,2,4,10,15-16H2,(H,28,30). The number of nitrogens with one attached hydrogen (secondary N) is 2. The van der Waals surface area contributed by atoms with E-state index in [0.717, 1.165) is 48.3 Å². The van der Waals surface area contributed by atoms with Crippen molar-refractivity contribution < 1.29 is 9.18 Å². The van der Waals surface area contributed by atoms with Gasteiger partial charge in [0.15, 0.2) is 0 Å². The number of carbonyl (C=O) groups is 1. The van der Waals surface area contributed by atoms with E-state index in [0.29, 0.717) is 12.2 Å². The minimum atomic E-state index is -0.270.